The number of thioether (sulfide) groups is 1. The number of carbonyl (C=O) groups is 1. The molecule has 26 heavy (non-hydrogen) atoms. The molecule has 0 radical (unpaired) electrons. The maximum absolute atomic E-state index is 12.4. The summed E-state index contributed by atoms with van der Waals surface area (Å²) in [6.07, 6.45) is 3.16. The Morgan fingerprint density at radius 1 is 1.12 bits per heavy atom. The monoisotopic (exact) mass is 366 g/mol. The summed E-state index contributed by atoms with van der Waals surface area (Å²) in [5, 5.41) is 7.10. The van der Waals surface area contributed by atoms with E-state index in [1.54, 1.807) is 22.8 Å². The summed E-state index contributed by atoms with van der Waals surface area (Å²) in [7, 11) is 0. The van der Waals surface area contributed by atoms with Gasteiger partial charge in [-0.05, 0) is 37.1 Å². The molecule has 0 fully saturated rings. The third kappa shape index (κ3) is 4.73. The minimum atomic E-state index is -0.105. The molecule has 3 rings (SSSR count). The Hall–Kier alpha value is -2.60. The van der Waals surface area contributed by atoms with Crippen LogP contribution >= 0.6 is 11.8 Å². The van der Waals surface area contributed by atoms with Gasteiger partial charge in [0.15, 0.2) is 0 Å². The van der Waals surface area contributed by atoms with Gasteiger partial charge in [-0.25, -0.2) is 9.67 Å². The normalized spacial score (nSPS) is 13.2. The first-order valence-electron chi connectivity index (χ1n) is 8.54. The van der Waals surface area contributed by atoms with E-state index in [2.05, 4.69) is 27.5 Å². The van der Waals surface area contributed by atoms with Gasteiger partial charge in [0.25, 0.3) is 0 Å². The Labute approximate surface area is 157 Å². The van der Waals surface area contributed by atoms with Crippen molar-refractivity contribution in [3.8, 4) is 5.69 Å². The first kappa shape index (κ1) is 18.2. The molecule has 1 aromatic heterocycles. The Morgan fingerprint density at radius 3 is 2.50 bits per heavy atom. The second kappa shape index (κ2) is 8.67. The molecule has 2 atom stereocenters. The van der Waals surface area contributed by atoms with Crippen molar-refractivity contribution in [2.24, 2.45) is 0 Å². The number of aromatic nitrogens is 3. The number of amides is 1. The van der Waals surface area contributed by atoms with Gasteiger partial charge in [0.05, 0.1) is 17.0 Å². The third-order valence-electron chi connectivity index (χ3n) is 4.15. The van der Waals surface area contributed by atoms with Crippen LogP contribution in [0.3, 0.4) is 0 Å². The molecule has 5 nitrogen and oxygen atoms in total. The van der Waals surface area contributed by atoms with E-state index in [1.165, 1.54) is 11.9 Å². The summed E-state index contributed by atoms with van der Waals surface area (Å²) < 4.78 is 1.70. The molecule has 6 heteroatoms. The van der Waals surface area contributed by atoms with E-state index >= 15 is 0 Å². The lowest BCUT2D eigenvalue weighted by molar-refractivity contribution is -0.120. The maximum Gasteiger partial charge on any atom is 0.233 e. The smallest absolute Gasteiger partial charge is 0.233 e. The molecule has 3 aromatic rings. The molecular weight excluding hydrogens is 344 g/mol. The van der Waals surface area contributed by atoms with Crippen molar-refractivity contribution in [3.05, 3.63) is 78.4 Å². The lowest BCUT2D eigenvalue weighted by Crippen LogP contribution is -2.33. The first-order chi connectivity index (χ1) is 12.6. The highest BCUT2D eigenvalue weighted by atomic mass is 32.2. The van der Waals surface area contributed by atoms with E-state index in [1.807, 2.05) is 56.3 Å². The van der Waals surface area contributed by atoms with Gasteiger partial charge in [0, 0.05) is 5.75 Å². The van der Waals surface area contributed by atoms with Crippen LogP contribution in [0.2, 0.25) is 0 Å². The van der Waals surface area contributed by atoms with Crippen molar-refractivity contribution >= 4 is 17.7 Å². The Bertz CT molecular complexity index is 819. The second-order valence-corrected chi connectivity index (χ2v) is 7.43. The van der Waals surface area contributed by atoms with Crippen LogP contribution in [0, 0.1) is 0 Å². The minimum Gasteiger partial charge on any atom is -0.349 e. The first-order valence-corrected chi connectivity index (χ1v) is 9.59. The van der Waals surface area contributed by atoms with Crippen molar-refractivity contribution in [3.63, 3.8) is 0 Å². The van der Waals surface area contributed by atoms with Crippen LogP contribution in [0.15, 0.2) is 67.3 Å². The van der Waals surface area contributed by atoms with Crippen LogP contribution in [-0.2, 0) is 10.5 Å². The lowest BCUT2D eigenvalue weighted by atomic mass is 10.1. The molecular formula is C20H22N4OS. The minimum absolute atomic E-state index is 0.0490. The maximum atomic E-state index is 12.4. The van der Waals surface area contributed by atoms with Crippen LogP contribution in [0.25, 0.3) is 5.69 Å². The van der Waals surface area contributed by atoms with Gasteiger partial charge in [-0.2, -0.15) is 5.10 Å². The van der Waals surface area contributed by atoms with Gasteiger partial charge in [0.2, 0.25) is 5.91 Å². The summed E-state index contributed by atoms with van der Waals surface area (Å²) in [6.45, 7) is 3.94. The molecule has 0 saturated carbocycles. The van der Waals surface area contributed by atoms with E-state index in [-0.39, 0.29) is 17.2 Å². The van der Waals surface area contributed by atoms with E-state index in [9.17, 15) is 4.79 Å². The summed E-state index contributed by atoms with van der Waals surface area (Å²) in [5.74, 6) is 0.884. The van der Waals surface area contributed by atoms with Gasteiger partial charge < -0.3 is 5.32 Å². The zero-order chi connectivity index (χ0) is 18.4. The fourth-order valence-electron chi connectivity index (χ4n) is 2.54. The Balaban J connectivity index is 1.53. The average Bonchev–Trinajstić information content (AvgIpc) is 3.21. The van der Waals surface area contributed by atoms with Gasteiger partial charge >= 0.3 is 0 Å². The Morgan fingerprint density at radius 2 is 1.85 bits per heavy atom. The zero-order valence-electron chi connectivity index (χ0n) is 14.9. The number of hydrogen-bond acceptors (Lipinski definition) is 4. The fourth-order valence-corrected chi connectivity index (χ4v) is 3.40. The van der Waals surface area contributed by atoms with E-state index in [0.29, 0.717) is 0 Å². The highest BCUT2D eigenvalue weighted by Crippen LogP contribution is 2.20. The largest absolute Gasteiger partial charge is 0.349 e. The van der Waals surface area contributed by atoms with Crippen molar-refractivity contribution in [1.82, 2.24) is 20.1 Å². The number of hydrogen-bond donors (Lipinski definition) is 1. The summed E-state index contributed by atoms with van der Waals surface area (Å²) >= 11 is 1.64. The van der Waals surface area contributed by atoms with Crippen LogP contribution in [0.5, 0.6) is 0 Å². The van der Waals surface area contributed by atoms with Crippen molar-refractivity contribution in [2.45, 2.75) is 30.9 Å². The molecule has 0 aliphatic rings. The Kier molecular flexibility index (Phi) is 6.07. The highest BCUT2D eigenvalue weighted by molar-refractivity contribution is 7.99. The fraction of sp³-hybridized carbons (Fsp3) is 0.250. The zero-order valence-corrected chi connectivity index (χ0v) is 15.7. The van der Waals surface area contributed by atoms with E-state index in [0.717, 1.165) is 17.0 Å². The predicted octanol–water partition coefficient (Wildman–Crippen LogP) is 3.77. The quantitative estimate of drug-likeness (QED) is 0.691. The summed E-state index contributed by atoms with van der Waals surface area (Å²) in [4.78, 5) is 16.4. The number of rotatable bonds is 7. The number of benzene rings is 2. The molecule has 0 aliphatic carbocycles. The van der Waals surface area contributed by atoms with Crippen molar-refractivity contribution < 1.29 is 4.79 Å². The molecule has 134 valence electrons. The van der Waals surface area contributed by atoms with Crippen LogP contribution in [0.4, 0.5) is 0 Å². The molecule has 0 bridgehead atoms. The van der Waals surface area contributed by atoms with Gasteiger partial charge in [-0.3, -0.25) is 4.79 Å². The van der Waals surface area contributed by atoms with Crippen LogP contribution in [-0.4, -0.2) is 25.9 Å². The SMILES string of the molecule is C[C@H](SCc1ccccc1)C(=O)N[C@H](C)c1ccc(-n2cncn2)cc1. The van der Waals surface area contributed by atoms with Crippen LogP contribution < -0.4 is 5.32 Å². The van der Waals surface area contributed by atoms with Crippen molar-refractivity contribution in [2.75, 3.05) is 0 Å². The second-order valence-electron chi connectivity index (χ2n) is 6.10. The van der Waals surface area contributed by atoms with Gasteiger partial charge in [-0.15, -0.1) is 11.8 Å². The van der Waals surface area contributed by atoms with E-state index < -0.39 is 0 Å². The highest BCUT2D eigenvalue weighted by Gasteiger charge is 2.16. The molecule has 1 heterocycles. The molecule has 0 saturated heterocycles. The number of nitrogens with one attached hydrogen (secondary N) is 1. The molecule has 2 aromatic carbocycles. The predicted molar refractivity (Wildman–Crippen MR) is 105 cm³/mol. The summed E-state index contributed by atoms with van der Waals surface area (Å²) in [6, 6.07) is 18.1. The van der Waals surface area contributed by atoms with Gasteiger partial charge in [0.1, 0.15) is 12.7 Å². The van der Waals surface area contributed by atoms with E-state index in [4.69, 9.17) is 0 Å². The third-order valence-corrected chi connectivity index (χ3v) is 5.36. The number of carbonyl (C=O) groups excluding carboxylic acids is 1. The molecule has 0 spiro atoms. The molecule has 1 N–H and O–H groups in total. The topological polar surface area (TPSA) is 59.8 Å². The lowest BCUT2D eigenvalue weighted by Gasteiger charge is -2.18. The molecule has 1 amide bonds. The molecule has 0 aliphatic heterocycles. The van der Waals surface area contributed by atoms with Crippen LogP contribution in [0.1, 0.15) is 31.0 Å². The standard InChI is InChI=1S/C20H22N4OS/c1-15(18-8-10-19(11-9-18)24-14-21-13-22-24)23-20(25)16(2)26-12-17-6-4-3-5-7-17/h3-11,13-16H,12H2,1-2H3,(H,23,25)/t15-,16+/m1/s1. The number of nitrogens with zero attached hydrogens (tertiary/aromatic N) is 3. The average molecular weight is 366 g/mol. The van der Waals surface area contributed by atoms with Gasteiger partial charge in [-0.1, -0.05) is 42.5 Å². The molecule has 0 unspecified atom stereocenters. The summed E-state index contributed by atoms with van der Waals surface area (Å²) in [5.41, 5.74) is 3.23. The van der Waals surface area contributed by atoms with Crippen molar-refractivity contribution in [1.29, 1.82) is 0 Å².